The number of nitrogens with zero attached hydrogens (tertiary/aromatic N) is 2. The molecule has 17 heavy (non-hydrogen) atoms. The molecule has 5 heteroatoms. The topological polar surface area (TPSA) is 82.2 Å². The lowest BCUT2D eigenvalue weighted by atomic mass is 10.0. The minimum absolute atomic E-state index is 0.175. The van der Waals surface area contributed by atoms with E-state index in [4.69, 9.17) is 5.11 Å². The number of aromatic hydroxyl groups is 1. The summed E-state index contributed by atoms with van der Waals surface area (Å²) in [5.74, 6) is -1.44. The number of hydrogen-bond acceptors (Lipinski definition) is 4. The number of hydrogen-bond donors (Lipinski definition) is 2. The van der Waals surface area contributed by atoms with Crippen molar-refractivity contribution in [3.05, 3.63) is 35.9 Å². The van der Waals surface area contributed by atoms with Gasteiger partial charge in [0.1, 0.15) is 11.3 Å². The van der Waals surface area contributed by atoms with Crippen molar-refractivity contribution in [2.45, 2.75) is 0 Å². The summed E-state index contributed by atoms with van der Waals surface area (Å²) in [4.78, 5) is 11.0. The molecule has 0 unspecified atom stereocenters. The maximum absolute atomic E-state index is 11.0. The first kappa shape index (κ1) is 11.1. The highest BCUT2D eigenvalue weighted by molar-refractivity contribution is 6.05. The molecule has 0 aromatic heterocycles. The lowest BCUT2D eigenvalue weighted by Crippen LogP contribution is -1.97. The summed E-state index contributed by atoms with van der Waals surface area (Å²) in [7, 11) is 1.50. The SMILES string of the molecule is CN=Nc1cc(C(=O)O)c(O)c2ccccc12. The fourth-order valence-corrected chi connectivity index (χ4v) is 1.69. The normalized spacial score (nSPS) is 11.1. The molecule has 0 radical (unpaired) electrons. The second-order valence-corrected chi connectivity index (χ2v) is 3.44. The van der Waals surface area contributed by atoms with Crippen molar-refractivity contribution in [2.24, 2.45) is 10.2 Å². The molecule has 86 valence electrons. The van der Waals surface area contributed by atoms with Gasteiger partial charge in [-0.15, -0.1) is 0 Å². The van der Waals surface area contributed by atoms with Crippen LogP contribution in [0.4, 0.5) is 5.69 Å². The van der Waals surface area contributed by atoms with Gasteiger partial charge in [0, 0.05) is 17.8 Å². The van der Waals surface area contributed by atoms with Gasteiger partial charge in [0.15, 0.2) is 0 Å². The van der Waals surface area contributed by atoms with Gasteiger partial charge >= 0.3 is 5.97 Å². The molecule has 2 N–H and O–H groups in total. The van der Waals surface area contributed by atoms with E-state index in [9.17, 15) is 9.90 Å². The Morgan fingerprint density at radius 1 is 1.24 bits per heavy atom. The van der Waals surface area contributed by atoms with Crippen molar-refractivity contribution < 1.29 is 15.0 Å². The molecule has 0 heterocycles. The molecule has 0 amide bonds. The van der Waals surface area contributed by atoms with Crippen LogP contribution in [0.25, 0.3) is 10.8 Å². The summed E-state index contributed by atoms with van der Waals surface area (Å²) in [6.07, 6.45) is 0. The Hall–Kier alpha value is -2.43. The summed E-state index contributed by atoms with van der Waals surface area (Å²) < 4.78 is 0. The molecule has 5 nitrogen and oxygen atoms in total. The van der Waals surface area contributed by atoms with E-state index in [1.54, 1.807) is 24.3 Å². The van der Waals surface area contributed by atoms with Gasteiger partial charge < -0.3 is 10.2 Å². The zero-order valence-electron chi connectivity index (χ0n) is 9.08. The van der Waals surface area contributed by atoms with E-state index in [1.165, 1.54) is 13.1 Å². The first-order valence-corrected chi connectivity index (χ1v) is 4.93. The largest absolute Gasteiger partial charge is 0.506 e. The highest BCUT2D eigenvalue weighted by Gasteiger charge is 2.15. The summed E-state index contributed by atoms with van der Waals surface area (Å²) in [5.41, 5.74) is 0.254. The predicted molar refractivity (Wildman–Crippen MR) is 63.0 cm³/mol. The highest BCUT2D eigenvalue weighted by Crippen LogP contribution is 2.36. The summed E-state index contributed by atoms with van der Waals surface area (Å²) >= 11 is 0. The number of carbonyl (C=O) groups is 1. The molecule has 0 aliphatic carbocycles. The Morgan fingerprint density at radius 3 is 2.47 bits per heavy atom. The summed E-state index contributed by atoms with van der Waals surface area (Å²) in [5, 5.41) is 27.5. The molecule has 0 saturated heterocycles. The van der Waals surface area contributed by atoms with E-state index in [0.29, 0.717) is 16.5 Å². The number of rotatable bonds is 2. The zero-order valence-corrected chi connectivity index (χ0v) is 9.08. The van der Waals surface area contributed by atoms with Crippen LogP contribution in [0.5, 0.6) is 5.75 Å². The van der Waals surface area contributed by atoms with Gasteiger partial charge in [-0.25, -0.2) is 4.79 Å². The Labute approximate surface area is 97.0 Å². The molecule has 2 aromatic carbocycles. The van der Waals surface area contributed by atoms with Gasteiger partial charge in [-0.3, -0.25) is 0 Å². The van der Waals surface area contributed by atoms with E-state index in [0.717, 1.165) is 0 Å². The average molecular weight is 230 g/mol. The quantitative estimate of drug-likeness (QED) is 0.778. The average Bonchev–Trinajstić information content (AvgIpc) is 2.33. The first-order chi connectivity index (χ1) is 8.15. The van der Waals surface area contributed by atoms with Crippen molar-refractivity contribution in [3.8, 4) is 5.75 Å². The van der Waals surface area contributed by atoms with Crippen LogP contribution in [0, 0.1) is 0 Å². The van der Waals surface area contributed by atoms with Gasteiger partial charge in [0.2, 0.25) is 0 Å². The molecule has 0 fully saturated rings. The van der Waals surface area contributed by atoms with E-state index in [1.807, 2.05) is 0 Å². The number of benzene rings is 2. The van der Waals surface area contributed by atoms with Crippen LogP contribution in [0.1, 0.15) is 10.4 Å². The number of carboxylic acids is 1. The molecule has 2 aromatic rings. The molecule has 0 atom stereocenters. The van der Waals surface area contributed by atoms with E-state index in [-0.39, 0.29) is 11.3 Å². The van der Waals surface area contributed by atoms with Crippen LogP contribution < -0.4 is 0 Å². The monoisotopic (exact) mass is 230 g/mol. The maximum atomic E-state index is 11.0. The van der Waals surface area contributed by atoms with E-state index in [2.05, 4.69) is 10.2 Å². The fraction of sp³-hybridized carbons (Fsp3) is 0.0833. The fourth-order valence-electron chi connectivity index (χ4n) is 1.69. The lowest BCUT2D eigenvalue weighted by Gasteiger charge is -2.06. The second-order valence-electron chi connectivity index (χ2n) is 3.44. The van der Waals surface area contributed by atoms with Crippen molar-refractivity contribution in [1.29, 1.82) is 0 Å². The number of fused-ring (bicyclic) bond motifs is 1. The minimum Gasteiger partial charge on any atom is -0.506 e. The Balaban J connectivity index is 2.89. The minimum atomic E-state index is -1.19. The Kier molecular flexibility index (Phi) is 2.74. The molecule has 0 aliphatic heterocycles. The predicted octanol–water partition coefficient (Wildman–Crippen LogP) is 2.96. The van der Waals surface area contributed by atoms with Crippen molar-refractivity contribution in [2.75, 3.05) is 7.05 Å². The van der Waals surface area contributed by atoms with E-state index < -0.39 is 5.97 Å². The molecular formula is C12H10N2O3. The van der Waals surface area contributed by atoms with Crippen molar-refractivity contribution in [3.63, 3.8) is 0 Å². The van der Waals surface area contributed by atoms with Gasteiger partial charge in [0.25, 0.3) is 0 Å². The summed E-state index contributed by atoms with van der Waals surface area (Å²) in [6, 6.07) is 8.22. The third-order valence-corrected chi connectivity index (χ3v) is 2.43. The van der Waals surface area contributed by atoms with Crippen LogP contribution in [0.2, 0.25) is 0 Å². The first-order valence-electron chi connectivity index (χ1n) is 4.93. The lowest BCUT2D eigenvalue weighted by molar-refractivity contribution is 0.0694. The van der Waals surface area contributed by atoms with Crippen molar-refractivity contribution >= 4 is 22.4 Å². The Morgan fingerprint density at radius 2 is 1.88 bits per heavy atom. The molecule has 0 aliphatic rings. The molecule has 0 spiro atoms. The molecule has 2 rings (SSSR count). The summed E-state index contributed by atoms with van der Waals surface area (Å²) in [6.45, 7) is 0. The van der Waals surface area contributed by atoms with Crippen LogP contribution in [-0.2, 0) is 0 Å². The van der Waals surface area contributed by atoms with Gasteiger partial charge in [-0.2, -0.15) is 10.2 Å². The highest BCUT2D eigenvalue weighted by atomic mass is 16.4. The Bertz CT molecular complexity index is 620. The number of phenols is 1. The van der Waals surface area contributed by atoms with Gasteiger partial charge in [-0.05, 0) is 6.07 Å². The van der Waals surface area contributed by atoms with Gasteiger partial charge in [0.05, 0.1) is 5.69 Å². The number of azo groups is 1. The molecular weight excluding hydrogens is 220 g/mol. The maximum Gasteiger partial charge on any atom is 0.339 e. The number of carboxylic acid groups (broad SMARTS) is 1. The standard InChI is InChI=1S/C12H10N2O3/c1-13-14-10-6-9(12(16)17)11(15)8-5-3-2-4-7(8)10/h2-6,15H,1H3,(H,16,17). The molecule has 0 bridgehead atoms. The van der Waals surface area contributed by atoms with Crippen LogP contribution in [-0.4, -0.2) is 23.2 Å². The number of aromatic carboxylic acids is 1. The van der Waals surface area contributed by atoms with Crippen LogP contribution >= 0.6 is 0 Å². The van der Waals surface area contributed by atoms with Crippen LogP contribution in [0.3, 0.4) is 0 Å². The third kappa shape index (κ3) is 1.82. The smallest absolute Gasteiger partial charge is 0.339 e. The van der Waals surface area contributed by atoms with Crippen molar-refractivity contribution in [1.82, 2.24) is 0 Å². The van der Waals surface area contributed by atoms with Crippen LogP contribution in [0.15, 0.2) is 40.6 Å². The van der Waals surface area contributed by atoms with Gasteiger partial charge in [-0.1, -0.05) is 24.3 Å². The van der Waals surface area contributed by atoms with E-state index >= 15 is 0 Å². The third-order valence-electron chi connectivity index (χ3n) is 2.43. The zero-order chi connectivity index (χ0) is 12.4. The molecule has 0 saturated carbocycles. The second kappa shape index (κ2) is 4.21.